The summed E-state index contributed by atoms with van der Waals surface area (Å²) < 4.78 is 5.51. The van der Waals surface area contributed by atoms with Crippen molar-refractivity contribution in [1.82, 2.24) is 20.9 Å². The zero-order valence-corrected chi connectivity index (χ0v) is 26.8. The van der Waals surface area contributed by atoms with E-state index in [2.05, 4.69) is 20.9 Å². The highest BCUT2D eigenvalue weighted by molar-refractivity contribution is 5.99. The third kappa shape index (κ3) is 9.75. The van der Waals surface area contributed by atoms with Gasteiger partial charge in [-0.05, 0) is 87.6 Å². The Morgan fingerprint density at radius 2 is 1.62 bits per heavy atom. The van der Waals surface area contributed by atoms with Crippen molar-refractivity contribution >= 4 is 23.8 Å². The van der Waals surface area contributed by atoms with E-state index in [9.17, 15) is 14.4 Å². The normalized spacial score (nSPS) is 20.1. The quantitative estimate of drug-likeness (QED) is 0.308. The molecule has 8 heteroatoms. The summed E-state index contributed by atoms with van der Waals surface area (Å²) in [4.78, 5) is 43.1. The van der Waals surface area contributed by atoms with Crippen LogP contribution in [-0.2, 0) is 25.5 Å². The molecule has 2 aliphatic heterocycles. The number of hydrogen-bond acceptors (Lipinski definition) is 5. The number of likely N-dealkylation sites (tertiary alicyclic amines) is 1. The lowest BCUT2D eigenvalue weighted by molar-refractivity contribution is -0.135. The third-order valence-electron chi connectivity index (χ3n) is 9.79. The molecule has 3 fully saturated rings. The zero-order valence-electron chi connectivity index (χ0n) is 26.8. The smallest absolute Gasteiger partial charge is 0.246 e. The summed E-state index contributed by atoms with van der Waals surface area (Å²) in [7, 11) is 0. The van der Waals surface area contributed by atoms with E-state index in [1.807, 2.05) is 61.5 Å². The number of hydrogen-bond donors (Lipinski definition) is 3. The fraction of sp³-hybridized carbons (Fsp3) is 0.541. The molecule has 1 aliphatic carbocycles. The van der Waals surface area contributed by atoms with E-state index in [-0.39, 0.29) is 17.7 Å². The summed E-state index contributed by atoms with van der Waals surface area (Å²) in [5.74, 6) is 0.397. The molecule has 45 heavy (non-hydrogen) atoms. The van der Waals surface area contributed by atoms with E-state index < -0.39 is 11.6 Å². The summed E-state index contributed by atoms with van der Waals surface area (Å²) in [6.45, 7) is 7.65. The minimum absolute atomic E-state index is 0.171. The summed E-state index contributed by atoms with van der Waals surface area (Å²) in [5.41, 5.74) is 2.02. The molecular formula is C37H50N4O4. The van der Waals surface area contributed by atoms with Gasteiger partial charge in [0.2, 0.25) is 17.7 Å². The predicted octanol–water partition coefficient (Wildman–Crippen LogP) is 4.42. The number of amides is 3. The highest BCUT2D eigenvalue weighted by atomic mass is 16.5. The second-order valence-corrected chi connectivity index (χ2v) is 13.3. The van der Waals surface area contributed by atoms with Crippen LogP contribution in [0.5, 0.6) is 0 Å². The van der Waals surface area contributed by atoms with Crippen LogP contribution in [0.2, 0.25) is 0 Å². The van der Waals surface area contributed by atoms with E-state index in [4.69, 9.17) is 4.74 Å². The molecule has 0 spiro atoms. The molecule has 2 saturated heterocycles. The van der Waals surface area contributed by atoms with Crippen molar-refractivity contribution < 1.29 is 19.1 Å². The number of nitrogens with one attached hydrogen (secondary N) is 3. The molecule has 3 aliphatic rings. The first-order valence-corrected chi connectivity index (χ1v) is 16.9. The highest BCUT2D eigenvalue weighted by Crippen LogP contribution is 2.30. The third-order valence-corrected chi connectivity index (χ3v) is 9.79. The fourth-order valence-electron chi connectivity index (χ4n) is 6.91. The molecule has 8 nitrogen and oxygen atoms in total. The van der Waals surface area contributed by atoms with Crippen molar-refractivity contribution in [3.05, 3.63) is 77.4 Å². The van der Waals surface area contributed by atoms with Crippen molar-refractivity contribution in [1.29, 1.82) is 0 Å². The summed E-state index contributed by atoms with van der Waals surface area (Å²) in [6.07, 6.45) is 10.9. The van der Waals surface area contributed by atoms with Gasteiger partial charge in [0.1, 0.15) is 11.6 Å². The number of ether oxygens (including phenoxy) is 1. The first-order valence-electron chi connectivity index (χ1n) is 16.9. The predicted molar refractivity (Wildman–Crippen MR) is 177 cm³/mol. The number of piperidine rings is 1. The zero-order chi connectivity index (χ0) is 31.5. The van der Waals surface area contributed by atoms with E-state index in [1.54, 1.807) is 6.08 Å². The Balaban J connectivity index is 1.17. The maximum atomic E-state index is 13.9. The lowest BCUT2D eigenvalue weighted by atomic mass is 9.93. The van der Waals surface area contributed by atoms with Crippen molar-refractivity contribution in [3.63, 3.8) is 0 Å². The second-order valence-electron chi connectivity index (χ2n) is 13.3. The van der Waals surface area contributed by atoms with Gasteiger partial charge in [0.05, 0.1) is 0 Å². The molecule has 0 aromatic heterocycles. The first-order chi connectivity index (χ1) is 21.9. The monoisotopic (exact) mass is 614 g/mol. The lowest BCUT2D eigenvalue weighted by Gasteiger charge is -2.35. The minimum atomic E-state index is -1.03. The van der Waals surface area contributed by atoms with Crippen molar-refractivity contribution in [2.45, 2.75) is 76.3 Å². The molecule has 3 amide bonds. The van der Waals surface area contributed by atoms with Crippen LogP contribution in [-0.4, -0.2) is 73.6 Å². The number of nitrogens with zero attached hydrogens (tertiary/aromatic N) is 1. The maximum Gasteiger partial charge on any atom is 0.246 e. The van der Waals surface area contributed by atoms with Crippen LogP contribution in [0.4, 0.5) is 0 Å². The molecule has 0 radical (unpaired) electrons. The summed E-state index contributed by atoms with van der Waals surface area (Å²) >= 11 is 0. The molecule has 1 atom stereocenters. The summed E-state index contributed by atoms with van der Waals surface area (Å²) in [6, 6.07) is 17.0. The Kier molecular flexibility index (Phi) is 11.8. The molecule has 242 valence electrons. The molecule has 2 aromatic carbocycles. The molecule has 5 rings (SSSR count). The van der Waals surface area contributed by atoms with Crippen LogP contribution in [0.15, 0.2) is 60.7 Å². The van der Waals surface area contributed by atoms with Gasteiger partial charge in [-0.25, -0.2) is 0 Å². The van der Waals surface area contributed by atoms with Gasteiger partial charge < -0.3 is 25.6 Å². The van der Waals surface area contributed by atoms with E-state index >= 15 is 0 Å². The second kappa shape index (κ2) is 16.2. The number of aryl methyl sites for hydroxylation is 1. The van der Waals surface area contributed by atoms with E-state index in [1.165, 1.54) is 6.08 Å². The average molecular weight is 615 g/mol. The van der Waals surface area contributed by atoms with Crippen LogP contribution in [0.1, 0.15) is 68.1 Å². The van der Waals surface area contributed by atoms with Gasteiger partial charge in [0.25, 0.3) is 0 Å². The van der Waals surface area contributed by atoms with Gasteiger partial charge in [0.15, 0.2) is 0 Å². The average Bonchev–Trinajstić information content (AvgIpc) is 3.54. The molecule has 0 unspecified atom stereocenters. The highest BCUT2D eigenvalue weighted by Gasteiger charge is 2.43. The van der Waals surface area contributed by atoms with Crippen LogP contribution < -0.4 is 16.0 Å². The van der Waals surface area contributed by atoms with Crippen molar-refractivity contribution in [2.24, 2.45) is 11.8 Å². The van der Waals surface area contributed by atoms with Gasteiger partial charge in [-0.2, -0.15) is 0 Å². The minimum Gasteiger partial charge on any atom is -0.381 e. The first kappa shape index (κ1) is 32.9. The van der Waals surface area contributed by atoms with Crippen LogP contribution >= 0.6 is 0 Å². The van der Waals surface area contributed by atoms with E-state index in [0.29, 0.717) is 31.7 Å². The van der Waals surface area contributed by atoms with Gasteiger partial charge in [0, 0.05) is 38.8 Å². The summed E-state index contributed by atoms with van der Waals surface area (Å²) in [5, 5.41) is 9.26. The maximum absolute atomic E-state index is 13.9. The van der Waals surface area contributed by atoms with Gasteiger partial charge >= 0.3 is 0 Å². The van der Waals surface area contributed by atoms with Crippen LogP contribution in [0.25, 0.3) is 6.08 Å². The van der Waals surface area contributed by atoms with E-state index in [0.717, 1.165) is 94.0 Å². The SMILES string of the molecule is Cc1ccc(C=CC(=O)NC2(C(=O)N[C@H](Cc3ccccc3)C(=O)NCC3CCN(CC4CCOCC4)CC3)CCCC2)cc1. The van der Waals surface area contributed by atoms with Crippen LogP contribution in [0, 0.1) is 18.8 Å². The Morgan fingerprint density at radius 3 is 2.31 bits per heavy atom. The lowest BCUT2D eigenvalue weighted by Crippen LogP contribution is -2.61. The largest absolute Gasteiger partial charge is 0.381 e. The molecule has 3 N–H and O–H groups in total. The molecule has 1 saturated carbocycles. The van der Waals surface area contributed by atoms with Gasteiger partial charge in [-0.3, -0.25) is 14.4 Å². The van der Waals surface area contributed by atoms with Gasteiger partial charge in [-0.1, -0.05) is 73.0 Å². The molecule has 0 bridgehead atoms. The topological polar surface area (TPSA) is 99.8 Å². The van der Waals surface area contributed by atoms with Gasteiger partial charge in [-0.15, -0.1) is 0 Å². The Labute approximate surface area is 268 Å². The number of carbonyl (C=O) groups excluding carboxylic acids is 3. The Morgan fingerprint density at radius 1 is 0.933 bits per heavy atom. The molecule has 2 aromatic rings. The van der Waals surface area contributed by atoms with Crippen molar-refractivity contribution in [2.75, 3.05) is 39.4 Å². The molecule has 2 heterocycles. The Bertz CT molecular complexity index is 1280. The number of benzene rings is 2. The molecular weight excluding hydrogens is 564 g/mol. The van der Waals surface area contributed by atoms with Crippen molar-refractivity contribution in [3.8, 4) is 0 Å². The fourth-order valence-corrected chi connectivity index (χ4v) is 6.91. The standard InChI is InChI=1S/C37H50N4O4/c1-28-9-11-29(12-10-28)13-14-34(42)40-37(19-5-6-20-37)36(44)39-33(25-30-7-3-2-4-8-30)35(43)38-26-31-15-21-41(22-16-31)27-32-17-23-45-24-18-32/h2-4,7-14,31-33H,5-6,15-27H2,1H3,(H,38,43)(H,39,44)(H,40,42)/t33-/m1/s1. The van der Waals surface area contributed by atoms with Crippen LogP contribution in [0.3, 0.4) is 0 Å². The number of carbonyl (C=O) groups is 3. The Hall–Kier alpha value is -3.49. The number of rotatable bonds is 12.